The first-order chi connectivity index (χ1) is 13.8. The number of fused-ring (bicyclic) bond motifs is 2. The Balaban J connectivity index is 1.53. The van der Waals surface area contributed by atoms with Crippen LogP contribution in [0.1, 0.15) is 18.4 Å². The minimum Gasteiger partial charge on any atom is -0.353 e. The van der Waals surface area contributed by atoms with E-state index in [4.69, 9.17) is 4.99 Å². The van der Waals surface area contributed by atoms with Gasteiger partial charge < -0.3 is 15.1 Å². The number of rotatable bonds is 4. The lowest BCUT2D eigenvalue weighted by molar-refractivity contribution is -0.132. The maximum Gasteiger partial charge on any atom is 0.222 e. The molecule has 0 aliphatic carbocycles. The van der Waals surface area contributed by atoms with Crippen LogP contribution in [0.25, 0.3) is 0 Å². The van der Waals surface area contributed by atoms with Gasteiger partial charge in [-0.2, -0.15) is 0 Å². The smallest absolute Gasteiger partial charge is 0.222 e. The Morgan fingerprint density at radius 3 is 2.54 bits per heavy atom. The van der Waals surface area contributed by atoms with Crippen molar-refractivity contribution in [2.24, 2.45) is 4.99 Å². The molecule has 4 rings (SSSR count). The predicted octanol–water partition coefficient (Wildman–Crippen LogP) is 3.37. The number of para-hydroxylation sites is 1. The Labute approximate surface area is 170 Å². The van der Waals surface area contributed by atoms with E-state index in [1.54, 1.807) is 11.8 Å². The molecule has 146 valence electrons. The largest absolute Gasteiger partial charge is 0.353 e. The highest BCUT2D eigenvalue weighted by Gasteiger charge is 2.26. The van der Waals surface area contributed by atoms with E-state index in [9.17, 15) is 4.79 Å². The van der Waals surface area contributed by atoms with Crippen LogP contribution in [0.15, 0.2) is 63.3 Å². The third kappa shape index (κ3) is 4.08. The number of carbonyl (C=O) groups is 1. The number of nitrogens with zero attached hydrogens (tertiary/aromatic N) is 3. The van der Waals surface area contributed by atoms with Crippen LogP contribution in [0.3, 0.4) is 0 Å². The zero-order valence-electron chi connectivity index (χ0n) is 16.2. The first-order valence-corrected chi connectivity index (χ1v) is 10.7. The zero-order chi connectivity index (χ0) is 19.3. The van der Waals surface area contributed by atoms with Gasteiger partial charge in [-0.15, -0.1) is 0 Å². The summed E-state index contributed by atoms with van der Waals surface area (Å²) in [5, 5.41) is 3.10. The Hall–Kier alpha value is -2.31. The topological polar surface area (TPSA) is 47.9 Å². The molecule has 0 radical (unpaired) electrons. The fraction of sp³-hybridized carbons (Fsp3) is 0.364. The summed E-state index contributed by atoms with van der Waals surface area (Å²) in [6.07, 6.45) is 1.51. The summed E-state index contributed by atoms with van der Waals surface area (Å²) >= 11 is 1.78. The standard InChI is InChI=1S/C22H26N4OS/c1-23-12-6-11-21(27)25-13-15-26(16-14-25)22-17-7-2-4-9-19(17)28-20-10-5-3-8-18(20)24-22/h2-5,7-10,23H,6,11-16H2,1H3. The number of benzene rings is 2. The van der Waals surface area contributed by atoms with Crippen LogP contribution in [0.4, 0.5) is 5.69 Å². The number of aliphatic imine (C=N–C) groups is 1. The van der Waals surface area contributed by atoms with Crippen LogP contribution in [-0.2, 0) is 4.79 Å². The number of piperazine rings is 1. The number of hydrogen-bond donors (Lipinski definition) is 1. The minimum absolute atomic E-state index is 0.263. The molecule has 5 nitrogen and oxygen atoms in total. The van der Waals surface area contributed by atoms with Gasteiger partial charge in [0.2, 0.25) is 5.91 Å². The second-order valence-electron chi connectivity index (χ2n) is 7.08. The van der Waals surface area contributed by atoms with E-state index in [-0.39, 0.29) is 5.91 Å². The molecule has 2 aromatic rings. The lowest BCUT2D eigenvalue weighted by Crippen LogP contribution is -2.50. The van der Waals surface area contributed by atoms with Crippen molar-refractivity contribution in [3.8, 4) is 0 Å². The third-order valence-electron chi connectivity index (χ3n) is 5.19. The molecule has 0 spiro atoms. The van der Waals surface area contributed by atoms with Gasteiger partial charge in [-0.1, -0.05) is 42.1 Å². The van der Waals surface area contributed by atoms with Crippen molar-refractivity contribution < 1.29 is 4.79 Å². The molecule has 1 N–H and O–H groups in total. The maximum absolute atomic E-state index is 12.4. The van der Waals surface area contributed by atoms with E-state index in [1.165, 1.54) is 15.4 Å². The van der Waals surface area contributed by atoms with Crippen molar-refractivity contribution in [1.29, 1.82) is 0 Å². The first-order valence-electron chi connectivity index (χ1n) is 9.88. The quantitative estimate of drug-likeness (QED) is 0.808. The summed E-state index contributed by atoms with van der Waals surface area (Å²) in [5.41, 5.74) is 2.20. The van der Waals surface area contributed by atoms with Gasteiger partial charge in [0.1, 0.15) is 5.84 Å². The summed E-state index contributed by atoms with van der Waals surface area (Å²) < 4.78 is 0. The van der Waals surface area contributed by atoms with Crippen LogP contribution >= 0.6 is 11.8 Å². The normalized spacial score (nSPS) is 16.1. The van der Waals surface area contributed by atoms with Crippen molar-refractivity contribution in [3.63, 3.8) is 0 Å². The molecule has 1 amide bonds. The number of hydrogen-bond acceptors (Lipinski definition) is 5. The molecular weight excluding hydrogens is 368 g/mol. The summed E-state index contributed by atoms with van der Waals surface area (Å²) in [5.74, 6) is 1.29. The summed E-state index contributed by atoms with van der Waals surface area (Å²) in [4.78, 5) is 24.2. The SMILES string of the molecule is CNCCCC(=O)N1CCN(C2=Nc3ccccc3Sc3ccccc32)CC1. The minimum atomic E-state index is 0.263. The van der Waals surface area contributed by atoms with Gasteiger partial charge in [0, 0.05) is 48.0 Å². The van der Waals surface area contributed by atoms with Crippen LogP contribution < -0.4 is 5.32 Å². The summed E-state index contributed by atoms with van der Waals surface area (Å²) in [7, 11) is 1.92. The Kier molecular flexibility index (Phi) is 5.98. The van der Waals surface area contributed by atoms with Crippen LogP contribution in [0.5, 0.6) is 0 Å². The fourth-order valence-electron chi connectivity index (χ4n) is 3.65. The molecule has 6 heteroatoms. The first kappa shape index (κ1) is 19.0. The van der Waals surface area contributed by atoms with Crippen molar-refractivity contribution >= 4 is 29.2 Å². The van der Waals surface area contributed by atoms with Gasteiger partial charge in [0.05, 0.1) is 5.69 Å². The highest BCUT2D eigenvalue weighted by Crippen LogP contribution is 2.40. The van der Waals surface area contributed by atoms with Gasteiger partial charge in [-0.25, -0.2) is 4.99 Å². The fourth-order valence-corrected chi connectivity index (χ4v) is 4.67. The van der Waals surface area contributed by atoms with Crippen LogP contribution in [0.2, 0.25) is 0 Å². The lowest BCUT2D eigenvalue weighted by atomic mass is 10.1. The molecule has 2 aliphatic rings. The van der Waals surface area contributed by atoms with Gasteiger partial charge in [-0.05, 0) is 38.2 Å². The zero-order valence-corrected chi connectivity index (χ0v) is 17.0. The van der Waals surface area contributed by atoms with Gasteiger partial charge >= 0.3 is 0 Å². The molecule has 0 saturated carbocycles. The highest BCUT2D eigenvalue weighted by atomic mass is 32.2. The van der Waals surface area contributed by atoms with Gasteiger partial charge in [0.25, 0.3) is 0 Å². The van der Waals surface area contributed by atoms with Crippen LogP contribution in [-0.4, -0.2) is 61.3 Å². The maximum atomic E-state index is 12.4. The average Bonchev–Trinajstić information content (AvgIpc) is 2.90. The van der Waals surface area contributed by atoms with Gasteiger partial charge in [-0.3, -0.25) is 4.79 Å². The van der Waals surface area contributed by atoms with Crippen molar-refractivity contribution in [2.75, 3.05) is 39.8 Å². The Morgan fingerprint density at radius 1 is 1.04 bits per heavy atom. The Bertz CT molecular complexity index is 874. The monoisotopic (exact) mass is 394 g/mol. The molecule has 28 heavy (non-hydrogen) atoms. The molecule has 2 aliphatic heterocycles. The van der Waals surface area contributed by atoms with Crippen molar-refractivity contribution in [1.82, 2.24) is 15.1 Å². The molecule has 2 aromatic carbocycles. The van der Waals surface area contributed by atoms with Crippen LogP contribution in [0, 0.1) is 0 Å². The van der Waals surface area contributed by atoms with E-state index < -0.39 is 0 Å². The number of amides is 1. The summed E-state index contributed by atoms with van der Waals surface area (Å²) in [6, 6.07) is 16.8. The van der Waals surface area contributed by atoms with Gasteiger partial charge in [0.15, 0.2) is 0 Å². The molecule has 0 atom stereocenters. The van der Waals surface area contributed by atoms with E-state index in [0.29, 0.717) is 6.42 Å². The predicted molar refractivity (Wildman–Crippen MR) is 115 cm³/mol. The lowest BCUT2D eigenvalue weighted by Gasteiger charge is -2.36. The molecule has 0 unspecified atom stereocenters. The molecule has 0 bridgehead atoms. The van der Waals surface area contributed by atoms with Crippen molar-refractivity contribution in [2.45, 2.75) is 22.6 Å². The van der Waals surface area contributed by atoms with E-state index >= 15 is 0 Å². The molecular formula is C22H26N4OS. The highest BCUT2D eigenvalue weighted by molar-refractivity contribution is 7.99. The molecule has 1 fully saturated rings. The molecule has 1 saturated heterocycles. The number of amidine groups is 1. The second-order valence-corrected chi connectivity index (χ2v) is 8.16. The average molecular weight is 395 g/mol. The Morgan fingerprint density at radius 2 is 1.75 bits per heavy atom. The molecule has 2 heterocycles. The van der Waals surface area contributed by atoms with E-state index in [1.807, 2.05) is 18.0 Å². The second kappa shape index (κ2) is 8.80. The number of carbonyl (C=O) groups excluding carboxylic acids is 1. The molecule has 0 aromatic heterocycles. The summed E-state index contributed by atoms with van der Waals surface area (Å²) in [6.45, 7) is 4.04. The van der Waals surface area contributed by atoms with E-state index in [2.05, 4.69) is 52.7 Å². The van der Waals surface area contributed by atoms with E-state index in [0.717, 1.165) is 50.7 Å². The number of nitrogens with one attached hydrogen (secondary N) is 1. The van der Waals surface area contributed by atoms with Crippen molar-refractivity contribution in [3.05, 3.63) is 54.1 Å². The third-order valence-corrected chi connectivity index (χ3v) is 6.33.